The molecule has 24 heavy (non-hydrogen) atoms. The lowest BCUT2D eigenvalue weighted by Crippen LogP contribution is -2.32. The summed E-state index contributed by atoms with van der Waals surface area (Å²) in [6.45, 7) is 1.16. The Kier molecular flexibility index (Phi) is 5.75. The van der Waals surface area contributed by atoms with Gasteiger partial charge in [-0.25, -0.2) is 0 Å². The highest BCUT2D eigenvalue weighted by Crippen LogP contribution is 2.31. The van der Waals surface area contributed by atoms with Gasteiger partial charge in [-0.1, -0.05) is 34.1 Å². The van der Waals surface area contributed by atoms with Crippen molar-refractivity contribution >= 4 is 21.8 Å². The van der Waals surface area contributed by atoms with Crippen LogP contribution in [0.1, 0.15) is 30.9 Å². The Morgan fingerprint density at radius 1 is 1.21 bits per heavy atom. The number of para-hydroxylation sites is 1. The van der Waals surface area contributed by atoms with E-state index in [0.29, 0.717) is 26.1 Å². The van der Waals surface area contributed by atoms with E-state index in [1.54, 1.807) is 0 Å². The predicted octanol–water partition coefficient (Wildman–Crippen LogP) is 4.25. The Morgan fingerprint density at radius 3 is 2.83 bits per heavy atom. The molecular formula is C19H20BrNO3. The Hall–Kier alpha value is -2.01. The second-order valence-electron chi connectivity index (χ2n) is 5.70. The molecule has 1 atom stereocenters. The molecule has 0 aliphatic carbocycles. The van der Waals surface area contributed by atoms with Gasteiger partial charge in [-0.15, -0.1) is 0 Å². The zero-order chi connectivity index (χ0) is 16.8. The van der Waals surface area contributed by atoms with Crippen LogP contribution in [0.3, 0.4) is 0 Å². The van der Waals surface area contributed by atoms with Crippen LogP contribution in [0.5, 0.6) is 11.5 Å². The van der Waals surface area contributed by atoms with Gasteiger partial charge in [0.2, 0.25) is 5.91 Å². The molecule has 0 spiro atoms. The number of benzene rings is 2. The smallest absolute Gasteiger partial charge is 0.220 e. The molecule has 126 valence electrons. The number of ether oxygens (including phenoxy) is 2. The Morgan fingerprint density at radius 2 is 2.00 bits per heavy atom. The van der Waals surface area contributed by atoms with Crippen molar-refractivity contribution < 1.29 is 14.3 Å². The monoisotopic (exact) mass is 389 g/mol. The van der Waals surface area contributed by atoms with Gasteiger partial charge in [0.25, 0.3) is 0 Å². The fourth-order valence-corrected chi connectivity index (χ4v) is 2.98. The lowest BCUT2D eigenvalue weighted by Gasteiger charge is -2.26. The summed E-state index contributed by atoms with van der Waals surface area (Å²) in [5, 5.41) is 3.10. The van der Waals surface area contributed by atoms with Gasteiger partial charge in [0.1, 0.15) is 11.5 Å². The van der Waals surface area contributed by atoms with E-state index < -0.39 is 0 Å². The van der Waals surface area contributed by atoms with Gasteiger partial charge in [0, 0.05) is 22.9 Å². The molecule has 0 aromatic heterocycles. The van der Waals surface area contributed by atoms with E-state index in [1.165, 1.54) is 0 Å². The normalized spacial score (nSPS) is 16.0. The van der Waals surface area contributed by atoms with Crippen molar-refractivity contribution in [3.05, 3.63) is 58.6 Å². The van der Waals surface area contributed by atoms with Crippen LogP contribution in [0, 0.1) is 0 Å². The first-order valence-electron chi connectivity index (χ1n) is 8.12. The lowest BCUT2D eigenvalue weighted by molar-refractivity contribution is -0.122. The van der Waals surface area contributed by atoms with Crippen molar-refractivity contribution in [1.82, 2.24) is 5.32 Å². The average Bonchev–Trinajstić information content (AvgIpc) is 2.61. The van der Waals surface area contributed by atoms with E-state index in [1.807, 2.05) is 48.5 Å². The predicted molar refractivity (Wildman–Crippen MR) is 96.3 cm³/mol. The molecule has 1 amide bonds. The molecule has 2 aromatic rings. The van der Waals surface area contributed by atoms with Crippen LogP contribution in [-0.2, 0) is 4.79 Å². The number of nitrogens with one attached hydrogen (secondary N) is 1. The molecule has 1 unspecified atom stereocenters. The summed E-state index contributed by atoms with van der Waals surface area (Å²) >= 11 is 3.39. The number of carbonyl (C=O) groups excluding carboxylic acids is 1. The maximum atomic E-state index is 12.2. The van der Waals surface area contributed by atoms with Crippen molar-refractivity contribution in [2.24, 2.45) is 0 Å². The zero-order valence-electron chi connectivity index (χ0n) is 13.3. The van der Waals surface area contributed by atoms with Crippen molar-refractivity contribution in [3.63, 3.8) is 0 Å². The zero-order valence-corrected chi connectivity index (χ0v) is 14.9. The van der Waals surface area contributed by atoms with Crippen molar-refractivity contribution in [3.8, 4) is 11.5 Å². The Labute approximate surface area is 150 Å². The lowest BCUT2D eigenvalue weighted by atomic mass is 10.0. The summed E-state index contributed by atoms with van der Waals surface area (Å²) < 4.78 is 12.3. The third-order valence-electron chi connectivity index (χ3n) is 3.92. The maximum absolute atomic E-state index is 12.2. The number of fused-ring (bicyclic) bond motifs is 1. The number of amides is 1. The molecule has 1 aliphatic heterocycles. The molecule has 2 aromatic carbocycles. The quantitative estimate of drug-likeness (QED) is 0.751. The molecule has 4 nitrogen and oxygen atoms in total. The molecule has 5 heteroatoms. The number of rotatable bonds is 6. The third kappa shape index (κ3) is 4.51. The molecule has 1 heterocycles. The second kappa shape index (κ2) is 8.20. The molecular weight excluding hydrogens is 370 g/mol. The number of hydrogen-bond acceptors (Lipinski definition) is 3. The van der Waals surface area contributed by atoms with Crippen LogP contribution >= 0.6 is 15.9 Å². The first kappa shape index (κ1) is 16.8. The topological polar surface area (TPSA) is 47.6 Å². The van der Waals surface area contributed by atoms with Gasteiger partial charge in [-0.3, -0.25) is 4.79 Å². The molecule has 0 radical (unpaired) electrons. The molecule has 3 rings (SSSR count). The van der Waals surface area contributed by atoms with Gasteiger partial charge < -0.3 is 14.8 Å². The molecule has 0 saturated heterocycles. The van der Waals surface area contributed by atoms with E-state index in [2.05, 4.69) is 21.2 Å². The number of hydrogen-bond donors (Lipinski definition) is 1. The fourth-order valence-electron chi connectivity index (χ4n) is 2.71. The van der Waals surface area contributed by atoms with E-state index >= 15 is 0 Å². The minimum absolute atomic E-state index is 0.0369. The average molecular weight is 390 g/mol. The van der Waals surface area contributed by atoms with E-state index in [-0.39, 0.29) is 11.9 Å². The van der Waals surface area contributed by atoms with Crippen molar-refractivity contribution in [1.29, 1.82) is 0 Å². The van der Waals surface area contributed by atoms with Gasteiger partial charge >= 0.3 is 0 Å². The fraction of sp³-hybridized carbons (Fsp3) is 0.316. The minimum Gasteiger partial charge on any atom is -0.494 e. The molecule has 1 N–H and O–H groups in total. The SMILES string of the molecule is O=C(CCCOc1ccc(Br)cc1)NC1CCOc2ccccc21. The summed E-state index contributed by atoms with van der Waals surface area (Å²) in [4.78, 5) is 12.2. The first-order chi connectivity index (χ1) is 11.7. The molecule has 1 aliphatic rings. The molecule has 0 fully saturated rings. The van der Waals surface area contributed by atoms with E-state index in [4.69, 9.17) is 9.47 Å². The van der Waals surface area contributed by atoms with Gasteiger partial charge in [-0.05, 0) is 36.8 Å². The highest BCUT2D eigenvalue weighted by Gasteiger charge is 2.22. The summed E-state index contributed by atoms with van der Waals surface area (Å²) in [5.41, 5.74) is 1.06. The number of halogens is 1. The maximum Gasteiger partial charge on any atom is 0.220 e. The summed E-state index contributed by atoms with van der Waals surface area (Å²) in [5.74, 6) is 1.74. The van der Waals surface area contributed by atoms with Gasteiger partial charge in [0.05, 0.1) is 19.3 Å². The second-order valence-corrected chi connectivity index (χ2v) is 6.62. The highest BCUT2D eigenvalue weighted by molar-refractivity contribution is 9.10. The minimum atomic E-state index is 0.0369. The molecule has 0 saturated carbocycles. The summed E-state index contributed by atoms with van der Waals surface area (Å²) in [7, 11) is 0. The van der Waals surface area contributed by atoms with Crippen LogP contribution in [-0.4, -0.2) is 19.1 Å². The van der Waals surface area contributed by atoms with Crippen LogP contribution in [0.15, 0.2) is 53.0 Å². The summed E-state index contributed by atoms with van der Waals surface area (Å²) in [6.07, 6.45) is 1.95. The molecule has 0 bridgehead atoms. The first-order valence-corrected chi connectivity index (χ1v) is 8.91. The Bertz CT molecular complexity index is 687. The van der Waals surface area contributed by atoms with Gasteiger partial charge in [0.15, 0.2) is 0 Å². The van der Waals surface area contributed by atoms with E-state index in [9.17, 15) is 4.79 Å². The van der Waals surface area contributed by atoms with Crippen molar-refractivity contribution in [2.45, 2.75) is 25.3 Å². The highest BCUT2D eigenvalue weighted by atomic mass is 79.9. The van der Waals surface area contributed by atoms with Crippen LogP contribution in [0.25, 0.3) is 0 Å². The van der Waals surface area contributed by atoms with Crippen LogP contribution < -0.4 is 14.8 Å². The van der Waals surface area contributed by atoms with E-state index in [0.717, 1.165) is 28.0 Å². The number of carbonyl (C=O) groups is 1. The van der Waals surface area contributed by atoms with Gasteiger partial charge in [-0.2, -0.15) is 0 Å². The largest absolute Gasteiger partial charge is 0.494 e. The van der Waals surface area contributed by atoms with Crippen molar-refractivity contribution in [2.75, 3.05) is 13.2 Å². The standard InChI is InChI=1S/C19H20BrNO3/c20-14-7-9-15(10-8-14)23-12-3-6-19(22)21-17-11-13-24-18-5-2-1-4-16(17)18/h1-2,4-5,7-10,17H,3,6,11-13H2,(H,21,22). The van der Waals surface area contributed by atoms with Crippen LogP contribution in [0.4, 0.5) is 0 Å². The van der Waals surface area contributed by atoms with Crippen LogP contribution in [0.2, 0.25) is 0 Å². The Balaban J connectivity index is 1.42. The third-order valence-corrected chi connectivity index (χ3v) is 4.45. The summed E-state index contributed by atoms with van der Waals surface area (Å²) in [6, 6.07) is 15.6.